The Hall–Kier alpha value is -2.82. The monoisotopic (exact) mass is 433 g/mol. The zero-order valence-corrected chi connectivity index (χ0v) is 17.1. The normalized spacial score (nSPS) is 15.5. The van der Waals surface area contributed by atoms with Crippen molar-refractivity contribution in [3.63, 3.8) is 0 Å². The van der Waals surface area contributed by atoms with E-state index in [-0.39, 0.29) is 6.42 Å². The summed E-state index contributed by atoms with van der Waals surface area (Å²) >= 11 is 1.40. The fraction of sp³-hybridized carbons (Fsp3) is 0.400. The summed E-state index contributed by atoms with van der Waals surface area (Å²) in [5, 5.41) is 22.5. The molecule has 30 heavy (non-hydrogen) atoms. The van der Waals surface area contributed by atoms with E-state index in [9.17, 15) is 14.4 Å². The minimum atomic E-state index is -1.47. The Labute approximate surface area is 177 Å². The minimum Gasteiger partial charge on any atom is -0.481 e. The van der Waals surface area contributed by atoms with Crippen LogP contribution in [0.5, 0.6) is 0 Å². The number of aromatic nitrogens is 1. The molecule has 0 bridgehead atoms. The number of morpholine rings is 1. The number of hydrogen-bond acceptors (Lipinski definition) is 7. The molecule has 1 unspecified atom stereocenters. The first-order chi connectivity index (χ1) is 14.4. The molecule has 0 spiro atoms. The molecule has 1 atom stereocenters. The van der Waals surface area contributed by atoms with Crippen LogP contribution in [0, 0.1) is 0 Å². The zero-order valence-electron chi connectivity index (χ0n) is 16.2. The lowest BCUT2D eigenvalue weighted by Crippen LogP contribution is -2.42. The van der Waals surface area contributed by atoms with Crippen molar-refractivity contribution in [2.45, 2.75) is 25.4 Å². The molecule has 1 aliphatic rings. The molecule has 3 N–H and O–H groups in total. The lowest BCUT2D eigenvalue weighted by Gasteiger charge is -2.26. The van der Waals surface area contributed by atoms with Gasteiger partial charge in [-0.15, -0.1) is 11.3 Å². The second kappa shape index (κ2) is 10.3. The summed E-state index contributed by atoms with van der Waals surface area (Å²) in [7, 11) is 0. The van der Waals surface area contributed by atoms with Crippen LogP contribution < -0.4 is 5.32 Å². The Morgan fingerprint density at radius 1 is 1.23 bits per heavy atom. The Bertz CT molecular complexity index is 909. The Balaban J connectivity index is 1.61. The molecule has 2 aromatic rings. The largest absolute Gasteiger partial charge is 0.481 e. The lowest BCUT2D eigenvalue weighted by atomic mass is 10.1. The number of carbonyl (C=O) groups is 3. The number of rotatable bonds is 9. The molecular weight excluding hydrogens is 410 g/mol. The molecule has 0 saturated carbocycles. The third kappa shape index (κ3) is 6.34. The van der Waals surface area contributed by atoms with Crippen LogP contribution in [0.15, 0.2) is 29.6 Å². The number of carbonyl (C=O) groups excluding carboxylic acids is 1. The smallest absolute Gasteiger partial charge is 0.326 e. The number of hydrogen-bond donors (Lipinski definition) is 3. The number of carboxylic acid groups (broad SMARTS) is 2. The molecular formula is C20H23N3O6S. The van der Waals surface area contributed by atoms with E-state index in [0.717, 1.165) is 43.4 Å². The van der Waals surface area contributed by atoms with Gasteiger partial charge in [-0.2, -0.15) is 0 Å². The van der Waals surface area contributed by atoms with Gasteiger partial charge in [0.15, 0.2) is 0 Å². The molecule has 3 rings (SSSR count). The summed E-state index contributed by atoms with van der Waals surface area (Å²) in [6, 6.07) is 6.60. The van der Waals surface area contributed by atoms with Crippen molar-refractivity contribution in [3.05, 3.63) is 40.9 Å². The third-order valence-electron chi connectivity index (χ3n) is 4.59. The van der Waals surface area contributed by atoms with E-state index in [4.69, 9.17) is 14.9 Å². The van der Waals surface area contributed by atoms with Crippen LogP contribution in [0.3, 0.4) is 0 Å². The van der Waals surface area contributed by atoms with Gasteiger partial charge in [-0.05, 0) is 11.6 Å². The van der Waals surface area contributed by atoms with E-state index in [1.54, 1.807) is 5.38 Å². The van der Waals surface area contributed by atoms with Crippen molar-refractivity contribution in [2.75, 3.05) is 26.3 Å². The van der Waals surface area contributed by atoms with E-state index < -0.39 is 30.3 Å². The van der Waals surface area contributed by atoms with Crippen molar-refractivity contribution in [2.24, 2.45) is 0 Å². The molecule has 9 nitrogen and oxygen atoms in total. The average molecular weight is 433 g/mol. The van der Waals surface area contributed by atoms with Crippen LogP contribution >= 0.6 is 11.3 Å². The first-order valence-corrected chi connectivity index (χ1v) is 10.4. The SMILES string of the molecule is O=C(O)CC(NC(=O)Cc1csc(-c2cccc(CN3CCOCC3)c2)n1)C(=O)O. The second-order valence-electron chi connectivity index (χ2n) is 6.97. The van der Waals surface area contributed by atoms with E-state index >= 15 is 0 Å². The number of nitrogens with zero attached hydrogens (tertiary/aromatic N) is 2. The molecule has 1 saturated heterocycles. The predicted octanol–water partition coefficient (Wildman–Crippen LogP) is 1.23. The van der Waals surface area contributed by atoms with Gasteiger partial charge in [-0.1, -0.05) is 18.2 Å². The summed E-state index contributed by atoms with van der Waals surface area (Å²) in [6.07, 6.45) is -0.799. The molecule has 10 heteroatoms. The predicted molar refractivity (Wildman–Crippen MR) is 109 cm³/mol. The second-order valence-corrected chi connectivity index (χ2v) is 7.82. The number of nitrogens with one attached hydrogen (secondary N) is 1. The topological polar surface area (TPSA) is 129 Å². The first kappa shape index (κ1) is 21.9. The number of benzene rings is 1. The van der Waals surface area contributed by atoms with Crippen molar-refractivity contribution in [1.29, 1.82) is 0 Å². The van der Waals surface area contributed by atoms with E-state index in [1.807, 2.05) is 12.1 Å². The first-order valence-electron chi connectivity index (χ1n) is 9.48. The van der Waals surface area contributed by atoms with Gasteiger partial charge in [0.05, 0.1) is 31.7 Å². The van der Waals surface area contributed by atoms with Crippen LogP contribution in [0.4, 0.5) is 0 Å². The minimum absolute atomic E-state index is 0.118. The summed E-state index contributed by atoms with van der Waals surface area (Å²) in [5.74, 6) is -3.26. The number of thiazole rings is 1. The maximum atomic E-state index is 12.1. The number of amides is 1. The fourth-order valence-corrected chi connectivity index (χ4v) is 3.94. The van der Waals surface area contributed by atoms with Gasteiger partial charge in [-0.3, -0.25) is 14.5 Å². The Morgan fingerprint density at radius 3 is 2.70 bits per heavy atom. The van der Waals surface area contributed by atoms with Crippen LogP contribution in [-0.4, -0.2) is 70.3 Å². The average Bonchev–Trinajstić information content (AvgIpc) is 3.16. The van der Waals surface area contributed by atoms with Gasteiger partial charge < -0.3 is 20.3 Å². The maximum absolute atomic E-state index is 12.1. The summed E-state index contributed by atoms with van der Waals surface area (Å²) in [5.41, 5.74) is 2.62. The van der Waals surface area contributed by atoms with Gasteiger partial charge in [0.25, 0.3) is 0 Å². The van der Waals surface area contributed by atoms with Crippen LogP contribution in [0.2, 0.25) is 0 Å². The Kier molecular flexibility index (Phi) is 7.50. The van der Waals surface area contributed by atoms with Crippen LogP contribution in [0.25, 0.3) is 10.6 Å². The van der Waals surface area contributed by atoms with Crippen LogP contribution in [0.1, 0.15) is 17.7 Å². The third-order valence-corrected chi connectivity index (χ3v) is 5.53. The molecule has 160 valence electrons. The van der Waals surface area contributed by atoms with E-state index in [2.05, 4.69) is 27.3 Å². The molecule has 1 aliphatic heterocycles. The molecule has 0 radical (unpaired) electrons. The number of ether oxygens (including phenoxy) is 1. The van der Waals surface area contributed by atoms with Crippen molar-refractivity contribution < 1.29 is 29.3 Å². The van der Waals surface area contributed by atoms with E-state index in [1.165, 1.54) is 16.9 Å². The quantitative estimate of drug-likeness (QED) is 0.539. The Morgan fingerprint density at radius 2 is 2.00 bits per heavy atom. The molecule has 2 heterocycles. The van der Waals surface area contributed by atoms with E-state index in [0.29, 0.717) is 5.69 Å². The number of carboxylic acids is 2. The highest BCUT2D eigenvalue weighted by atomic mass is 32.1. The maximum Gasteiger partial charge on any atom is 0.326 e. The van der Waals surface area contributed by atoms with Gasteiger partial charge >= 0.3 is 11.9 Å². The highest BCUT2D eigenvalue weighted by Gasteiger charge is 2.23. The molecule has 1 amide bonds. The summed E-state index contributed by atoms with van der Waals surface area (Å²) < 4.78 is 5.38. The lowest BCUT2D eigenvalue weighted by molar-refractivity contribution is -0.147. The highest BCUT2D eigenvalue weighted by molar-refractivity contribution is 7.13. The summed E-state index contributed by atoms with van der Waals surface area (Å²) in [4.78, 5) is 40.7. The standard InChI is InChI=1S/C20H23N3O6S/c24-17(22-16(20(27)28)10-18(25)26)9-15-12-30-19(21-15)14-3-1-2-13(8-14)11-23-4-6-29-7-5-23/h1-3,8,12,16H,4-7,9-11H2,(H,22,24)(H,25,26)(H,27,28). The van der Waals surface area contributed by atoms with Gasteiger partial charge in [0.2, 0.25) is 5.91 Å². The molecule has 1 aromatic heterocycles. The molecule has 1 aromatic carbocycles. The van der Waals surface area contributed by atoms with Gasteiger partial charge in [0, 0.05) is 30.6 Å². The van der Waals surface area contributed by atoms with Crippen molar-refractivity contribution >= 4 is 29.2 Å². The van der Waals surface area contributed by atoms with Crippen molar-refractivity contribution in [3.8, 4) is 10.6 Å². The van der Waals surface area contributed by atoms with Crippen molar-refractivity contribution in [1.82, 2.24) is 15.2 Å². The zero-order chi connectivity index (χ0) is 21.5. The summed E-state index contributed by atoms with van der Waals surface area (Å²) in [6.45, 7) is 4.12. The van der Waals surface area contributed by atoms with Crippen LogP contribution in [-0.2, 0) is 32.1 Å². The number of aliphatic carboxylic acids is 2. The van der Waals surface area contributed by atoms with Gasteiger partial charge in [0.1, 0.15) is 11.0 Å². The molecule has 0 aliphatic carbocycles. The highest BCUT2D eigenvalue weighted by Crippen LogP contribution is 2.25. The molecule has 1 fully saturated rings. The van der Waals surface area contributed by atoms with Gasteiger partial charge in [-0.25, -0.2) is 9.78 Å². The fourth-order valence-electron chi connectivity index (χ4n) is 3.13.